The van der Waals surface area contributed by atoms with Gasteiger partial charge in [0.25, 0.3) is 15.9 Å². The van der Waals surface area contributed by atoms with Crippen molar-refractivity contribution in [3.63, 3.8) is 0 Å². The number of rotatable bonds is 8. The highest BCUT2D eigenvalue weighted by Crippen LogP contribution is 2.17. The Morgan fingerprint density at radius 2 is 1.50 bits per heavy atom. The predicted octanol–water partition coefficient (Wildman–Crippen LogP) is 4.02. The highest BCUT2D eigenvalue weighted by Gasteiger charge is 2.15. The van der Waals surface area contributed by atoms with Crippen LogP contribution in [-0.4, -0.2) is 29.4 Å². The predicted molar refractivity (Wildman–Crippen MR) is 143 cm³/mol. The van der Waals surface area contributed by atoms with Crippen LogP contribution in [0.25, 0.3) is 0 Å². The van der Waals surface area contributed by atoms with E-state index in [1.807, 2.05) is 30.3 Å². The minimum absolute atomic E-state index is 0.0129. The third kappa shape index (κ3) is 6.84. The van der Waals surface area contributed by atoms with Gasteiger partial charge in [-0.3, -0.25) is 4.79 Å². The van der Waals surface area contributed by atoms with Crippen molar-refractivity contribution in [2.75, 3.05) is 15.4 Å². The molecule has 4 aromatic rings. The van der Waals surface area contributed by atoms with Crippen LogP contribution >= 0.6 is 12.2 Å². The van der Waals surface area contributed by atoms with Crippen LogP contribution in [0.1, 0.15) is 15.9 Å². The number of benzene rings is 3. The van der Waals surface area contributed by atoms with Crippen LogP contribution < -0.4 is 20.7 Å². The van der Waals surface area contributed by atoms with Crippen molar-refractivity contribution in [2.45, 2.75) is 11.4 Å². The van der Waals surface area contributed by atoms with E-state index in [4.69, 9.17) is 12.2 Å². The molecule has 3 aromatic carbocycles. The third-order valence-electron chi connectivity index (χ3n) is 4.89. The molecular formula is C25H22N6O3S2. The normalized spacial score (nSPS) is 10.8. The monoisotopic (exact) mass is 518 g/mol. The van der Waals surface area contributed by atoms with E-state index >= 15 is 0 Å². The zero-order valence-corrected chi connectivity index (χ0v) is 20.5. The molecule has 0 bridgehead atoms. The molecular weight excluding hydrogens is 496 g/mol. The lowest BCUT2D eigenvalue weighted by Gasteiger charge is -2.12. The maximum Gasteiger partial charge on any atom is 0.264 e. The summed E-state index contributed by atoms with van der Waals surface area (Å²) < 4.78 is 27.3. The zero-order valence-electron chi connectivity index (χ0n) is 18.9. The number of nitrogens with zero attached hydrogens (tertiary/aromatic N) is 2. The number of amides is 1. The van der Waals surface area contributed by atoms with E-state index in [9.17, 15) is 13.2 Å². The quantitative estimate of drug-likeness (QED) is 0.258. The fourth-order valence-electron chi connectivity index (χ4n) is 3.16. The zero-order chi connectivity index (χ0) is 25.4. The first-order valence-corrected chi connectivity index (χ1v) is 12.7. The summed E-state index contributed by atoms with van der Waals surface area (Å²) in [6.45, 7) is 0.427. The first-order chi connectivity index (χ1) is 17.4. The van der Waals surface area contributed by atoms with E-state index in [-0.39, 0.29) is 21.9 Å². The molecule has 0 fully saturated rings. The number of anilines is 3. The van der Waals surface area contributed by atoms with Crippen LogP contribution in [0.15, 0.2) is 102 Å². The molecule has 1 heterocycles. The SMILES string of the molecule is O=C(NCc1ccccc1)c1cccc(NC(=S)Nc2ccc(S(=O)(=O)Nc3ncccn3)cc2)c1. The van der Waals surface area contributed by atoms with Crippen LogP contribution in [0.3, 0.4) is 0 Å². The maximum atomic E-state index is 12.5. The second kappa shape index (κ2) is 11.4. The van der Waals surface area contributed by atoms with Gasteiger partial charge in [-0.2, -0.15) is 0 Å². The average Bonchev–Trinajstić information content (AvgIpc) is 2.88. The molecule has 0 aliphatic heterocycles. The lowest BCUT2D eigenvalue weighted by molar-refractivity contribution is 0.0951. The molecule has 0 aliphatic carbocycles. The van der Waals surface area contributed by atoms with E-state index in [0.29, 0.717) is 23.5 Å². The maximum absolute atomic E-state index is 12.5. The van der Waals surface area contributed by atoms with Gasteiger partial charge in [-0.15, -0.1) is 0 Å². The van der Waals surface area contributed by atoms with Gasteiger partial charge in [0.15, 0.2) is 5.11 Å². The highest BCUT2D eigenvalue weighted by atomic mass is 32.2. The van der Waals surface area contributed by atoms with E-state index in [1.165, 1.54) is 24.5 Å². The number of aromatic nitrogens is 2. The van der Waals surface area contributed by atoms with Gasteiger partial charge in [-0.05, 0) is 66.3 Å². The van der Waals surface area contributed by atoms with Crippen molar-refractivity contribution in [3.8, 4) is 0 Å². The first-order valence-electron chi connectivity index (χ1n) is 10.8. The van der Waals surface area contributed by atoms with Gasteiger partial charge in [0.2, 0.25) is 5.95 Å². The van der Waals surface area contributed by atoms with Crippen LogP contribution in [0, 0.1) is 0 Å². The lowest BCUT2D eigenvalue weighted by Crippen LogP contribution is -2.23. The van der Waals surface area contributed by atoms with Gasteiger partial charge in [0.05, 0.1) is 4.90 Å². The van der Waals surface area contributed by atoms with Gasteiger partial charge in [-0.1, -0.05) is 36.4 Å². The molecule has 0 saturated heterocycles. The van der Waals surface area contributed by atoms with Gasteiger partial charge >= 0.3 is 0 Å². The summed E-state index contributed by atoms with van der Waals surface area (Å²) in [4.78, 5) is 20.3. The van der Waals surface area contributed by atoms with Crippen molar-refractivity contribution in [2.24, 2.45) is 0 Å². The largest absolute Gasteiger partial charge is 0.348 e. The summed E-state index contributed by atoms with van der Waals surface area (Å²) in [5.41, 5.74) is 2.71. The number of sulfonamides is 1. The van der Waals surface area contributed by atoms with E-state index in [2.05, 4.69) is 30.6 Å². The number of hydrogen-bond acceptors (Lipinski definition) is 6. The van der Waals surface area contributed by atoms with Crippen LogP contribution in [-0.2, 0) is 16.6 Å². The van der Waals surface area contributed by atoms with Gasteiger partial charge in [0, 0.05) is 35.9 Å². The number of nitrogens with one attached hydrogen (secondary N) is 4. The summed E-state index contributed by atoms with van der Waals surface area (Å²) in [5, 5.41) is 9.20. The molecule has 0 radical (unpaired) electrons. The molecule has 1 aromatic heterocycles. The van der Waals surface area contributed by atoms with Crippen molar-refractivity contribution in [1.82, 2.24) is 15.3 Å². The van der Waals surface area contributed by atoms with E-state index in [0.717, 1.165) is 5.56 Å². The van der Waals surface area contributed by atoms with Gasteiger partial charge in [0.1, 0.15) is 0 Å². The molecule has 0 unspecified atom stereocenters. The van der Waals surface area contributed by atoms with Crippen molar-refractivity contribution >= 4 is 50.6 Å². The standard InChI is InChI=1S/C25H22N6O3S2/c32-23(28-17-18-6-2-1-3-7-18)19-8-4-9-21(16-19)30-25(35)29-20-10-12-22(13-11-20)36(33,34)31-24-26-14-5-15-27-24/h1-16H,17H2,(H,28,32)(H,26,27,31)(H2,29,30,35). The molecule has 0 atom stereocenters. The summed E-state index contributed by atoms with van der Waals surface area (Å²) in [5.74, 6) is -0.214. The molecule has 0 saturated carbocycles. The summed E-state index contributed by atoms with van der Waals surface area (Å²) in [6.07, 6.45) is 2.89. The molecule has 0 spiro atoms. The second-order valence-electron chi connectivity index (χ2n) is 7.53. The van der Waals surface area contributed by atoms with Crippen molar-refractivity contribution in [1.29, 1.82) is 0 Å². The minimum Gasteiger partial charge on any atom is -0.348 e. The van der Waals surface area contributed by atoms with Crippen molar-refractivity contribution < 1.29 is 13.2 Å². The Balaban J connectivity index is 1.33. The topological polar surface area (TPSA) is 125 Å². The van der Waals surface area contributed by atoms with Gasteiger partial charge < -0.3 is 16.0 Å². The lowest BCUT2D eigenvalue weighted by atomic mass is 10.1. The van der Waals surface area contributed by atoms with Gasteiger partial charge in [-0.25, -0.2) is 23.1 Å². The molecule has 9 nitrogen and oxygen atoms in total. The van der Waals surface area contributed by atoms with Crippen LogP contribution in [0.2, 0.25) is 0 Å². The van der Waals surface area contributed by atoms with E-state index in [1.54, 1.807) is 42.5 Å². The van der Waals surface area contributed by atoms with E-state index < -0.39 is 10.0 Å². The Morgan fingerprint density at radius 1 is 0.806 bits per heavy atom. The second-order valence-corrected chi connectivity index (χ2v) is 9.62. The highest BCUT2D eigenvalue weighted by molar-refractivity contribution is 7.92. The fourth-order valence-corrected chi connectivity index (χ4v) is 4.35. The van der Waals surface area contributed by atoms with Crippen molar-refractivity contribution in [3.05, 3.63) is 108 Å². The molecule has 36 heavy (non-hydrogen) atoms. The molecule has 4 N–H and O–H groups in total. The molecule has 4 rings (SSSR count). The molecule has 182 valence electrons. The van der Waals surface area contributed by atoms with Crippen LogP contribution in [0.4, 0.5) is 17.3 Å². The Bertz CT molecular complexity index is 1450. The molecule has 1 amide bonds. The fraction of sp³-hybridized carbons (Fsp3) is 0.0400. The number of thiocarbonyl (C=S) groups is 1. The summed E-state index contributed by atoms with van der Waals surface area (Å²) in [7, 11) is -3.83. The number of hydrogen-bond donors (Lipinski definition) is 4. The summed E-state index contributed by atoms with van der Waals surface area (Å²) in [6, 6.07) is 24.2. The van der Waals surface area contributed by atoms with Crippen LogP contribution in [0.5, 0.6) is 0 Å². The third-order valence-corrected chi connectivity index (χ3v) is 6.44. The smallest absolute Gasteiger partial charge is 0.264 e. The Kier molecular flexibility index (Phi) is 7.83. The number of carbonyl (C=O) groups excluding carboxylic acids is 1. The molecule has 11 heteroatoms. The first kappa shape index (κ1) is 24.8. The minimum atomic E-state index is -3.83. The summed E-state index contributed by atoms with van der Waals surface area (Å²) >= 11 is 5.37. The Hall–Kier alpha value is -4.35. The Labute approximate surface area is 214 Å². The average molecular weight is 519 g/mol. The number of carbonyl (C=O) groups is 1. The Morgan fingerprint density at radius 3 is 2.22 bits per heavy atom. The molecule has 0 aliphatic rings.